The highest BCUT2D eigenvalue weighted by Gasteiger charge is 2.20. The van der Waals surface area contributed by atoms with E-state index in [2.05, 4.69) is 10.1 Å². The monoisotopic (exact) mass is 285 g/mol. The van der Waals surface area contributed by atoms with Crippen molar-refractivity contribution in [1.82, 2.24) is 10.1 Å². The smallest absolute Gasteiger partial charge is 0.180 e. The first-order valence-corrected chi connectivity index (χ1v) is 6.47. The summed E-state index contributed by atoms with van der Waals surface area (Å²) in [4.78, 5) is 4.29. The number of anilines is 1. The number of hydrogen-bond donors (Lipinski definition) is 1. The highest BCUT2D eigenvalue weighted by Crippen LogP contribution is 2.38. The second kappa shape index (κ2) is 4.98. The van der Waals surface area contributed by atoms with Crippen molar-refractivity contribution in [2.75, 3.05) is 5.73 Å². The molecule has 0 saturated heterocycles. The Kier molecular flexibility index (Phi) is 3.16. The van der Waals surface area contributed by atoms with Crippen LogP contribution in [0.1, 0.15) is 5.56 Å². The molecule has 100 valence electrons. The summed E-state index contributed by atoms with van der Waals surface area (Å²) < 4.78 is 5.36. The molecule has 3 rings (SSSR count). The maximum Gasteiger partial charge on any atom is 0.180 e. The van der Waals surface area contributed by atoms with Crippen LogP contribution in [-0.4, -0.2) is 10.1 Å². The third-order valence-electron chi connectivity index (χ3n) is 3.01. The Morgan fingerprint density at radius 2 is 2.05 bits per heavy atom. The molecular formula is C15H12ClN3O. The van der Waals surface area contributed by atoms with Crippen LogP contribution in [0.3, 0.4) is 0 Å². The molecule has 0 aliphatic rings. The zero-order chi connectivity index (χ0) is 14.1. The number of pyridine rings is 1. The van der Waals surface area contributed by atoms with Gasteiger partial charge in [0.05, 0.1) is 16.3 Å². The van der Waals surface area contributed by atoms with Gasteiger partial charge in [-0.1, -0.05) is 28.9 Å². The van der Waals surface area contributed by atoms with Crippen molar-refractivity contribution in [1.29, 1.82) is 0 Å². The Morgan fingerprint density at radius 3 is 2.75 bits per heavy atom. The Labute approximate surface area is 121 Å². The predicted octanol–water partition coefficient (Wildman–Crippen LogP) is 3.95. The van der Waals surface area contributed by atoms with E-state index >= 15 is 0 Å². The van der Waals surface area contributed by atoms with Crippen LogP contribution in [0.15, 0.2) is 47.1 Å². The van der Waals surface area contributed by atoms with Gasteiger partial charge in [-0.3, -0.25) is 4.98 Å². The molecule has 2 aromatic heterocycles. The number of halogens is 1. The third-order valence-corrected chi connectivity index (χ3v) is 3.32. The first-order chi connectivity index (χ1) is 9.66. The Balaban J connectivity index is 2.21. The number of benzene rings is 1. The van der Waals surface area contributed by atoms with Crippen LogP contribution in [0.2, 0.25) is 5.02 Å². The Morgan fingerprint density at radius 1 is 1.20 bits per heavy atom. The molecule has 1 aromatic carbocycles. The quantitative estimate of drug-likeness (QED) is 0.774. The maximum absolute atomic E-state index is 6.28. The second-order valence-electron chi connectivity index (χ2n) is 4.47. The summed E-state index contributed by atoms with van der Waals surface area (Å²) in [6.07, 6.45) is 1.70. The number of nitrogens with two attached hydrogens (primary N) is 1. The average molecular weight is 286 g/mol. The number of aromatic nitrogens is 2. The van der Waals surface area contributed by atoms with E-state index in [0.29, 0.717) is 27.9 Å². The topological polar surface area (TPSA) is 64.9 Å². The van der Waals surface area contributed by atoms with Crippen LogP contribution >= 0.6 is 11.6 Å². The largest absolute Gasteiger partial charge is 0.380 e. The zero-order valence-electron chi connectivity index (χ0n) is 10.8. The summed E-state index contributed by atoms with van der Waals surface area (Å²) in [5.41, 5.74) is 9.10. The molecule has 2 N–H and O–H groups in total. The van der Waals surface area contributed by atoms with E-state index in [1.54, 1.807) is 6.20 Å². The lowest BCUT2D eigenvalue weighted by atomic mass is 10.0. The molecule has 4 nitrogen and oxygen atoms in total. The van der Waals surface area contributed by atoms with Gasteiger partial charge in [0, 0.05) is 11.8 Å². The number of nitrogen functional groups attached to an aromatic ring is 1. The molecule has 20 heavy (non-hydrogen) atoms. The van der Waals surface area contributed by atoms with Crippen molar-refractivity contribution in [2.45, 2.75) is 6.92 Å². The molecule has 0 unspecified atom stereocenters. The molecule has 0 atom stereocenters. The van der Waals surface area contributed by atoms with E-state index in [1.165, 1.54) is 0 Å². The molecule has 0 fully saturated rings. The van der Waals surface area contributed by atoms with Gasteiger partial charge < -0.3 is 10.3 Å². The van der Waals surface area contributed by atoms with Crippen LogP contribution in [0.25, 0.3) is 22.6 Å². The fraction of sp³-hybridized carbons (Fsp3) is 0.0667. The molecular weight excluding hydrogens is 274 g/mol. The van der Waals surface area contributed by atoms with Crippen molar-refractivity contribution < 1.29 is 4.52 Å². The molecule has 0 spiro atoms. The Bertz CT molecular complexity index is 753. The average Bonchev–Trinajstić information content (AvgIpc) is 2.81. The van der Waals surface area contributed by atoms with Crippen LogP contribution in [0.5, 0.6) is 0 Å². The number of nitrogens with zero attached hydrogens (tertiary/aromatic N) is 2. The highest BCUT2D eigenvalue weighted by molar-refractivity contribution is 6.33. The molecule has 3 aromatic rings. The van der Waals surface area contributed by atoms with Crippen molar-refractivity contribution in [3.8, 4) is 22.6 Å². The first-order valence-electron chi connectivity index (χ1n) is 6.10. The van der Waals surface area contributed by atoms with Crippen LogP contribution in [0, 0.1) is 6.92 Å². The van der Waals surface area contributed by atoms with Gasteiger partial charge in [0.2, 0.25) is 0 Å². The SMILES string of the molecule is Cc1ccc(-c2onc(N)c2-c2ccccn2)c(Cl)c1. The minimum absolute atomic E-state index is 0.301. The van der Waals surface area contributed by atoms with Gasteiger partial charge in [-0.15, -0.1) is 0 Å². The molecule has 0 amide bonds. The van der Waals surface area contributed by atoms with Gasteiger partial charge in [-0.05, 0) is 36.8 Å². The lowest BCUT2D eigenvalue weighted by Crippen LogP contribution is -1.91. The third kappa shape index (κ3) is 2.14. The molecule has 0 radical (unpaired) electrons. The van der Waals surface area contributed by atoms with Gasteiger partial charge in [0.1, 0.15) is 0 Å². The molecule has 0 aliphatic heterocycles. The van der Waals surface area contributed by atoms with E-state index in [0.717, 1.165) is 11.1 Å². The molecule has 0 bridgehead atoms. The van der Waals surface area contributed by atoms with Gasteiger partial charge in [-0.2, -0.15) is 0 Å². The standard InChI is InChI=1S/C15H12ClN3O/c1-9-5-6-10(11(16)8-9)14-13(15(17)19-20-14)12-4-2-3-7-18-12/h2-8H,1H3,(H2,17,19). The molecule has 2 heterocycles. The summed E-state index contributed by atoms with van der Waals surface area (Å²) in [6.45, 7) is 1.98. The minimum atomic E-state index is 0.301. The van der Waals surface area contributed by atoms with Crippen molar-refractivity contribution in [3.05, 3.63) is 53.2 Å². The van der Waals surface area contributed by atoms with Crippen molar-refractivity contribution in [2.24, 2.45) is 0 Å². The number of hydrogen-bond acceptors (Lipinski definition) is 4. The minimum Gasteiger partial charge on any atom is -0.380 e. The van der Waals surface area contributed by atoms with E-state index in [-0.39, 0.29) is 0 Å². The summed E-state index contributed by atoms with van der Waals surface area (Å²) in [7, 11) is 0. The van der Waals surface area contributed by atoms with E-state index in [1.807, 2.05) is 43.3 Å². The maximum atomic E-state index is 6.28. The van der Waals surface area contributed by atoms with Crippen LogP contribution < -0.4 is 5.73 Å². The van der Waals surface area contributed by atoms with Gasteiger partial charge >= 0.3 is 0 Å². The fourth-order valence-electron chi connectivity index (χ4n) is 2.05. The van der Waals surface area contributed by atoms with Crippen LogP contribution in [-0.2, 0) is 0 Å². The summed E-state index contributed by atoms with van der Waals surface area (Å²) in [5, 5.41) is 4.43. The predicted molar refractivity (Wildman–Crippen MR) is 79.3 cm³/mol. The van der Waals surface area contributed by atoms with Crippen molar-refractivity contribution in [3.63, 3.8) is 0 Å². The number of aryl methyl sites for hydroxylation is 1. The molecule has 0 aliphatic carbocycles. The summed E-state index contributed by atoms with van der Waals surface area (Å²) in [5.74, 6) is 0.835. The zero-order valence-corrected chi connectivity index (χ0v) is 11.6. The van der Waals surface area contributed by atoms with E-state index < -0.39 is 0 Å². The summed E-state index contributed by atoms with van der Waals surface area (Å²) >= 11 is 6.28. The van der Waals surface area contributed by atoms with Crippen molar-refractivity contribution >= 4 is 17.4 Å². The van der Waals surface area contributed by atoms with Crippen LogP contribution in [0.4, 0.5) is 5.82 Å². The lowest BCUT2D eigenvalue weighted by Gasteiger charge is -2.04. The molecule has 0 saturated carbocycles. The Hall–Kier alpha value is -2.33. The van der Waals surface area contributed by atoms with Gasteiger partial charge in [0.25, 0.3) is 0 Å². The van der Waals surface area contributed by atoms with E-state index in [9.17, 15) is 0 Å². The normalized spacial score (nSPS) is 10.7. The summed E-state index contributed by atoms with van der Waals surface area (Å²) in [6, 6.07) is 11.3. The van der Waals surface area contributed by atoms with E-state index in [4.69, 9.17) is 21.9 Å². The molecule has 5 heteroatoms. The highest BCUT2D eigenvalue weighted by atomic mass is 35.5. The first kappa shape index (κ1) is 12.7. The number of rotatable bonds is 2. The second-order valence-corrected chi connectivity index (χ2v) is 4.88. The van der Waals surface area contributed by atoms with Gasteiger partial charge in [-0.25, -0.2) is 0 Å². The lowest BCUT2D eigenvalue weighted by molar-refractivity contribution is 0.436. The van der Waals surface area contributed by atoms with Gasteiger partial charge in [0.15, 0.2) is 11.6 Å². The fourth-order valence-corrected chi connectivity index (χ4v) is 2.37.